The van der Waals surface area contributed by atoms with E-state index in [-0.39, 0.29) is 23.2 Å². The third-order valence-corrected chi connectivity index (χ3v) is 7.60. The topological polar surface area (TPSA) is 98.0 Å². The number of carbonyl (C=O) groups excluding carboxylic acids is 2. The smallest absolute Gasteiger partial charge is 0.309 e. The first kappa shape index (κ1) is 23.0. The Bertz CT molecular complexity index is 1250. The molecule has 8 nitrogen and oxygen atoms in total. The van der Waals surface area contributed by atoms with Crippen molar-refractivity contribution in [3.63, 3.8) is 0 Å². The van der Waals surface area contributed by atoms with Crippen LogP contribution in [0.5, 0.6) is 0 Å². The van der Waals surface area contributed by atoms with Gasteiger partial charge in [-0.2, -0.15) is 8.42 Å². The van der Waals surface area contributed by atoms with Crippen molar-refractivity contribution in [3.05, 3.63) is 65.5 Å². The Balaban J connectivity index is 1.34. The lowest BCUT2D eigenvalue weighted by atomic mass is 9.96. The second-order valence-corrected chi connectivity index (χ2v) is 9.93. The number of aryl methyl sites for hydroxylation is 1. The highest BCUT2D eigenvalue weighted by atomic mass is 32.2. The average Bonchev–Trinajstić information content (AvgIpc) is 3.25. The molecule has 1 aromatic heterocycles. The van der Waals surface area contributed by atoms with Gasteiger partial charge < -0.3 is 14.2 Å². The van der Waals surface area contributed by atoms with Crippen LogP contribution in [0, 0.1) is 19.8 Å². The van der Waals surface area contributed by atoms with Crippen molar-refractivity contribution >= 4 is 27.6 Å². The number of ketones is 1. The van der Waals surface area contributed by atoms with Crippen LogP contribution in [0.2, 0.25) is 0 Å². The van der Waals surface area contributed by atoms with Gasteiger partial charge in [-0.3, -0.25) is 9.59 Å². The number of ether oxygens (including phenoxy) is 1. The number of aromatic nitrogens is 1. The Kier molecular flexibility index (Phi) is 6.25. The lowest BCUT2D eigenvalue weighted by molar-refractivity contribution is -0.148. The van der Waals surface area contributed by atoms with Crippen molar-refractivity contribution in [2.75, 3.05) is 19.7 Å². The number of rotatable bonds is 6. The molecule has 1 fully saturated rings. The Morgan fingerprint density at radius 2 is 1.91 bits per heavy atom. The number of hydrogen-bond acceptors (Lipinski definition) is 6. The number of likely N-dealkylation sites (tertiary alicyclic amines) is 1. The van der Waals surface area contributed by atoms with Gasteiger partial charge >= 0.3 is 5.97 Å². The lowest BCUT2D eigenvalue weighted by Gasteiger charge is -2.32. The van der Waals surface area contributed by atoms with Gasteiger partial charge in [-0.1, -0.05) is 18.2 Å². The van der Waals surface area contributed by atoms with E-state index in [0.29, 0.717) is 49.4 Å². The van der Waals surface area contributed by atoms with Crippen LogP contribution in [0.4, 0.5) is 0 Å². The van der Waals surface area contributed by atoms with E-state index in [2.05, 4.69) is 11.0 Å². The van der Waals surface area contributed by atoms with Crippen LogP contribution >= 0.6 is 0 Å². The van der Waals surface area contributed by atoms with E-state index in [1.54, 1.807) is 30.3 Å². The molecule has 3 heterocycles. The van der Waals surface area contributed by atoms with Crippen LogP contribution < -0.4 is 0 Å². The van der Waals surface area contributed by atoms with Crippen LogP contribution in [0.1, 0.15) is 40.2 Å². The molecule has 0 aliphatic carbocycles. The normalized spacial score (nSPS) is 17.4. The van der Waals surface area contributed by atoms with E-state index in [1.165, 1.54) is 0 Å². The van der Waals surface area contributed by atoms with E-state index in [1.807, 2.05) is 29.4 Å². The summed E-state index contributed by atoms with van der Waals surface area (Å²) in [5.41, 5.74) is 2.93. The zero-order valence-electron chi connectivity index (χ0n) is 18.8. The van der Waals surface area contributed by atoms with Crippen LogP contribution in [0.3, 0.4) is 0 Å². The Labute approximate surface area is 193 Å². The highest BCUT2D eigenvalue weighted by molar-refractivity contribution is 7.90. The second kappa shape index (κ2) is 8.97. The molecule has 2 aliphatic rings. The highest BCUT2D eigenvalue weighted by Gasteiger charge is 2.35. The zero-order valence-corrected chi connectivity index (χ0v) is 19.6. The first-order valence-electron chi connectivity index (χ1n) is 10.9. The highest BCUT2D eigenvalue weighted by Crippen LogP contribution is 2.30. The number of fused-ring (bicyclic) bond motifs is 1. The molecule has 0 unspecified atom stereocenters. The molecule has 9 heteroatoms. The molecular formula is C24H27N3O5S. The van der Waals surface area contributed by atoms with E-state index >= 15 is 0 Å². The van der Waals surface area contributed by atoms with Crippen molar-refractivity contribution in [1.29, 1.82) is 0 Å². The van der Waals surface area contributed by atoms with Crippen LogP contribution in [-0.4, -0.2) is 55.2 Å². The minimum atomic E-state index is -3.68. The Morgan fingerprint density at radius 3 is 2.61 bits per heavy atom. The van der Waals surface area contributed by atoms with E-state index in [4.69, 9.17) is 4.74 Å². The third-order valence-electron chi connectivity index (χ3n) is 6.27. The molecule has 0 radical (unpaired) electrons. The quantitative estimate of drug-likeness (QED) is 0.367. The number of allylic oxidation sites excluding steroid dienone is 1. The minimum Gasteiger partial charge on any atom is -0.457 e. The van der Waals surface area contributed by atoms with Gasteiger partial charge in [0.05, 0.1) is 5.92 Å². The van der Waals surface area contributed by atoms with Crippen LogP contribution in [0.15, 0.2) is 52.3 Å². The van der Waals surface area contributed by atoms with Gasteiger partial charge in [0.1, 0.15) is 4.90 Å². The molecule has 33 heavy (non-hydrogen) atoms. The van der Waals surface area contributed by atoms with E-state index < -0.39 is 16.0 Å². The summed E-state index contributed by atoms with van der Waals surface area (Å²) in [6, 6.07) is 8.57. The largest absolute Gasteiger partial charge is 0.457 e. The average molecular weight is 470 g/mol. The number of nitrogens with zero attached hydrogens (tertiary/aromatic N) is 3. The molecule has 1 aromatic carbocycles. The van der Waals surface area contributed by atoms with E-state index in [0.717, 1.165) is 11.4 Å². The number of esters is 1. The van der Waals surface area contributed by atoms with Gasteiger partial charge in [0.2, 0.25) is 5.78 Å². The van der Waals surface area contributed by atoms with Gasteiger partial charge in [-0.15, -0.1) is 11.0 Å². The molecule has 1 saturated heterocycles. The summed E-state index contributed by atoms with van der Waals surface area (Å²) in [5.74, 6) is -0.533. The lowest BCUT2D eigenvalue weighted by Crippen LogP contribution is -2.40. The monoisotopic (exact) mass is 469 g/mol. The van der Waals surface area contributed by atoms with Gasteiger partial charge in [-0.25, -0.2) is 0 Å². The molecule has 0 atom stereocenters. The Hall–Kier alpha value is -3.20. The van der Waals surface area contributed by atoms with Crippen molar-refractivity contribution < 1.29 is 22.7 Å². The summed E-state index contributed by atoms with van der Waals surface area (Å²) in [6.07, 6.45) is 2.77. The minimum absolute atomic E-state index is 0.215. The molecule has 2 aromatic rings. The fraction of sp³-hybridized carbons (Fsp3) is 0.375. The summed E-state index contributed by atoms with van der Waals surface area (Å²) in [5, 5.41) is 0. The predicted molar refractivity (Wildman–Crippen MR) is 124 cm³/mol. The SMILES string of the molecule is C=CCn1c(C)cc(C(=O)COC(=O)C2CCN(C3=NS(=O)(=O)c4ccccc43)CC2)c1C. The first-order chi connectivity index (χ1) is 15.7. The summed E-state index contributed by atoms with van der Waals surface area (Å²) >= 11 is 0. The fourth-order valence-corrected chi connectivity index (χ4v) is 5.70. The summed E-state index contributed by atoms with van der Waals surface area (Å²) in [6.45, 7) is 8.81. The first-order valence-corrected chi connectivity index (χ1v) is 12.3. The number of amidine groups is 1. The van der Waals surface area contributed by atoms with Gasteiger partial charge in [0.15, 0.2) is 12.4 Å². The van der Waals surface area contributed by atoms with Gasteiger partial charge in [0, 0.05) is 42.1 Å². The molecule has 0 spiro atoms. The maximum Gasteiger partial charge on any atom is 0.309 e. The number of Topliss-reactive ketones (excluding diaryl/α,β-unsaturated/α-hetero) is 1. The predicted octanol–water partition coefficient (Wildman–Crippen LogP) is 2.88. The summed E-state index contributed by atoms with van der Waals surface area (Å²) < 4.78 is 35.9. The van der Waals surface area contributed by atoms with E-state index in [9.17, 15) is 18.0 Å². The molecule has 2 aliphatic heterocycles. The number of hydrogen-bond donors (Lipinski definition) is 0. The zero-order chi connectivity index (χ0) is 23.8. The third kappa shape index (κ3) is 4.37. The maximum atomic E-state index is 12.6. The maximum absolute atomic E-state index is 12.6. The fourth-order valence-electron chi connectivity index (χ4n) is 4.47. The number of sulfonamides is 1. The molecule has 0 amide bonds. The summed E-state index contributed by atoms with van der Waals surface area (Å²) in [7, 11) is -3.68. The number of benzene rings is 1. The molecular weight excluding hydrogens is 442 g/mol. The van der Waals surface area contributed by atoms with Crippen LogP contribution in [-0.2, 0) is 26.1 Å². The standard InChI is InChI=1S/C24H27N3O5S/c1-4-11-27-16(2)14-20(17(27)3)21(28)15-32-24(29)18-9-12-26(13-10-18)23-19-7-5-6-8-22(19)33(30,31)25-23/h4-8,14,18H,1,9-13,15H2,2-3H3. The van der Waals surface area contributed by atoms with Crippen molar-refractivity contribution in [2.45, 2.75) is 38.1 Å². The number of piperidine rings is 1. The molecule has 174 valence electrons. The van der Waals surface area contributed by atoms with Gasteiger partial charge in [0.25, 0.3) is 10.0 Å². The molecule has 0 bridgehead atoms. The number of carbonyl (C=O) groups is 2. The van der Waals surface area contributed by atoms with Crippen LogP contribution in [0.25, 0.3) is 0 Å². The molecule has 0 saturated carbocycles. The molecule has 0 N–H and O–H groups in total. The summed E-state index contributed by atoms with van der Waals surface area (Å²) in [4.78, 5) is 27.3. The van der Waals surface area contributed by atoms with Crippen molar-refractivity contribution in [2.24, 2.45) is 10.3 Å². The second-order valence-electron chi connectivity index (χ2n) is 8.36. The van der Waals surface area contributed by atoms with Crippen molar-refractivity contribution in [3.8, 4) is 0 Å². The Morgan fingerprint density at radius 1 is 1.21 bits per heavy atom. The van der Waals surface area contributed by atoms with Crippen molar-refractivity contribution in [1.82, 2.24) is 9.47 Å². The molecule has 4 rings (SSSR count). The van der Waals surface area contributed by atoms with Gasteiger partial charge in [-0.05, 0) is 44.9 Å².